The zero-order valence-electron chi connectivity index (χ0n) is 11.7. The van der Waals surface area contributed by atoms with Crippen LogP contribution in [0, 0.1) is 11.8 Å². The summed E-state index contributed by atoms with van der Waals surface area (Å²) in [6.07, 6.45) is 5.60. The molecule has 1 aromatic carbocycles. The van der Waals surface area contributed by atoms with Gasteiger partial charge in [0.2, 0.25) is 6.79 Å². The van der Waals surface area contributed by atoms with Crippen molar-refractivity contribution in [3.63, 3.8) is 0 Å². The van der Waals surface area contributed by atoms with Crippen molar-refractivity contribution in [2.75, 3.05) is 13.3 Å². The molecule has 2 aliphatic rings. The number of nitrogens with one attached hydrogen (secondary N) is 1. The van der Waals surface area contributed by atoms with Gasteiger partial charge in [0.15, 0.2) is 11.5 Å². The minimum absolute atomic E-state index is 0.353. The molecule has 2 atom stereocenters. The van der Waals surface area contributed by atoms with E-state index in [2.05, 4.69) is 24.4 Å². The van der Waals surface area contributed by atoms with Crippen LogP contribution < -0.4 is 14.8 Å². The topological polar surface area (TPSA) is 30.5 Å². The van der Waals surface area contributed by atoms with Gasteiger partial charge in [-0.3, -0.25) is 0 Å². The Morgan fingerprint density at radius 1 is 1.16 bits per heavy atom. The molecule has 0 bridgehead atoms. The Hall–Kier alpha value is -1.22. The monoisotopic (exact) mass is 261 g/mol. The first-order chi connectivity index (χ1) is 9.33. The second-order valence-electron chi connectivity index (χ2n) is 5.84. The Balaban J connectivity index is 1.49. The summed E-state index contributed by atoms with van der Waals surface area (Å²) in [5.74, 6) is 3.47. The third-order valence-corrected chi connectivity index (χ3v) is 4.46. The van der Waals surface area contributed by atoms with Crippen molar-refractivity contribution >= 4 is 0 Å². The summed E-state index contributed by atoms with van der Waals surface area (Å²) >= 11 is 0. The number of ether oxygens (including phenoxy) is 2. The van der Waals surface area contributed by atoms with Crippen LogP contribution in [0.3, 0.4) is 0 Å². The molecule has 0 amide bonds. The van der Waals surface area contributed by atoms with Crippen molar-refractivity contribution in [3.8, 4) is 11.5 Å². The van der Waals surface area contributed by atoms with Gasteiger partial charge in [-0.1, -0.05) is 32.3 Å². The number of hydrogen-bond acceptors (Lipinski definition) is 3. The average Bonchev–Trinajstić information content (AvgIpc) is 2.88. The minimum atomic E-state index is 0.353. The third-order valence-electron chi connectivity index (χ3n) is 4.46. The minimum Gasteiger partial charge on any atom is -0.454 e. The van der Waals surface area contributed by atoms with Crippen molar-refractivity contribution in [3.05, 3.63) is 23.8 Å². The van der Waals surface area contributed by atoms with Crippen molar-refractivity contribution in [2.24, 2.45) is 11.8 Å². The molecule has 3 rings (SSSR count). The van der Waals surface area contributed by atoms with Crippen LogP contribution >= 0.6 is 0 Å². The van der Waals surface area contributed by atoms with E-state index in [1.54, 1.807) is 0 Å². The predicted molar refractivity (Wildman–Crippen MR) is 75.4 cm³/mol. The molecule has 1 saturated carbocycles. The summed E-state index contributed by atoms with van der Waals surface area (Å²) in [5, 5.41) is 3.60. The van der Waals surface area contributed by atoms with Crippen molar-refractivity contribution in [2.45, 2.75) is 39.2 Å². The Morgan fingerprint density at radius 2 is 2.00 bits per heavy atom. The number of hydrogen-bond donors (Lipinski definition) is 1. The largest absolute Gasteiger partial charge is 0.454 e. The molecular formula is C16H23NO2. The molecule has 104 valence electrons. The van der Waals surface area contributed by atoms with Crippen LogP contribution in [0.5, 0.6) is 11.5 Å². The van der Waals surface area contributed by atoms with Crippen molar-refractivity contribution in [1.82, 2.24) is 5.32 Å². The van der Waals surface area contributed by atoms with Crippen LogP contribution in [0.25, 0.3) is 0 Å². The molecule has 1 aliphatic heterocycles. The zero-order valence-corrected chi connectivity index (χ0v) is 11.7. The lowest BCUT2D eigenvalue weighted by atomic mass is 9.80. The maximum atomic E-state index is 5.40. The summed E-state index contributed by atoms with van der Waals surface area (Å²) in [6.45, 7) is 4.80. The van der Waals surface area contributed by atoms with Gasteiger partial charge < -0.3 is 14.8 Å². The van der Waals surface area contributed by atoms with E-state index < -0.39 is 0 Å². The first-order valence-electron chi connectivity index (χ1n) is 7.42. The molecule has 19 heavy (non-hydrogen) atoms. The Bertz CT molecular complexity index is 433. The molecule has 3 nitrogen and oxygen atoms in total. The summed E-state index contributed by atoms with van der Waals surface area (Å²) in [6, 6.07) is 6.20. The van der Waals surface area contributed by atoms with Gasteiger partial charge in [0, 0.05) is 6.54 Å². The van der Waals surface area contributed by atoms with Crippen molar-refractivity contribution < 1.29 is 9.47 Å². The molecular weight excluding hydrogens is 238 g/mol. The van der Waals surface area contributed by atoms with Crippen LogP contribution in [0.1, 0.15) is 38.2 Å². The molecule has 1 heterocycles. The highest BCUT2D eigenvalue weighted by atomic mass is 16.7. The van der Waals surface area contributed by atoms with Gasteiger partial charge in [-0.25, -0.2) is 0 Å². The van der Waals surface area contributed by atoms with E-state index in [0.29, 0.717) is 6.79 Å². The zero-order chi connectivity index (χ0) is 13.1. The van der Waals surface area contributed by atoms with Crippen LogP contribution in [0.2, 0.25) is 0 Å². The number of rotatable bonds is 4. The molecule has 0 saturated heterocycles. The third kappa shape index (κ3) is 3.03. The first kappa shape index (κ1) is 12.8. The molecule has 3 heteroatoms. The first-order valence-corrected chi connectivity index (χ1v) is 7.42. The van der Waals surface area contributed by atoms with E-state index in [4.69, 9.17) is 9.47 Å². The lowest BCUT2D eigenvalue weighted by Gasteiger charge is -2.28. The summed E-state index contributed by atoms with van der Waals surface area (Å²) in [4.78, 5) is 0. The van der Waals surface area contributed by atoms with Gasteiger partial charge in [-0.15, -0.1) is 0 Å². The van der Waals surface area contributed by atoms with E-state index in [0.717, 1.165) is 36.4 Å². The number of fused-ring (bicyclic) bond motifs is 1. The van der Waals surface area contributed by atoms with E-state index in [9.17, 15) is 0 Å². The van der Waals surface area contributed by atoms with Crippen LogP contribution in [0.15, 0.2) is 18.2 Å². The Labute approximate surface area is 115 Å². The molecule has 1 aromatic rings. The summed E-state index contributed by atoms with van der Waals surface area (Å²) < 4.78 is 10.7. The van der Waals surface area contributed by atoms with E-state index in [-0.39, 0.29) is 0 Å². The number of benzene rings is 1. The Morgan fingerprint density at radius 3 is 2.89 bits per heavy atom. The van der Waals surface area contributed by atoms with Gasteiger partial charge in [-0.2, -0.15) is 0 Å². The summed E-state index contributed by atoms with van der Waals surface area (Å²) in [5.41, 5.74) is 1.27. The standard InChI is InChI=1S/C16H23NO2/c1-12-4-2-3-5-14(12)10-17-9-13-6-7-15-16(8-13)19-11-18-15/h6-8,12,14,17H,2-5,9-11H2,1H3. The highest BCUT2D eigenvalue weighted by Gasteiger charge is 2.20. The fraction of sp³-hybridized carbons (Fsp3) is 0.625. The molecule has 2 unspecified atom stereocenters. The molecule has 1 aliphatic carbocycles. The molecule has 0 radical (unpaired) electrons. The van der Waals surface area contributed by atoms with Crippen molar-refractivity contribution in [1.29, 1.82) is 0 Å². The van der Waals surface area contributed by atoms with E-state index >= 15 is 0 Å². The lowest BCUT2D eigenvalue weighted by Crippen LogP contribution is -2.29. The Kier molecular flexibility index (Phi) is 3.92. The molecule has 1 fully saturated rings. The van der Waals surface area contributed by atoms with Crippen LogP contribution in [-0.4, -0.2) is 13.3 Å². The fourth-order valence-corrected chi connectivity index (χ4v) is 3.15. The maximum Gasteiger partial charge on any atom is 0.231 e. The normalized spacial score (nSPS) is 25.5. The average molecular weight is 261 g/mol. The SMILES string of the molecule is CC1CCCCC1CNCc1ccc2c(c1)OCO2. The maximum absolute atomic E-state index is 5.40. The highest BCUT2D eigenvalue weighted by molar-refractivity contribution is 5.44. The van der Waals surface area contributed by atoms with Gasteiger partial charge >= 0.3 is 0 Å². The summed E-state index contributed by atoms with van der Waals surface area (Å²) in [7, 11) is 0. The van der Waals surface area contributed by atoms with Crippen LogP contribution in [0.4, 0.5) is 0 Å². The quantitative estimate of drug-likeness (QED) is 0.901. The predicted octanol–water partition coefficient (Wildman–Crippen LogP) is 3.33. The smallest absolute Gasteiger partial charge is 0.231 e. The second-order valence-corrected chi connectivity index (χ2v) is 5.84. The molecule has 0 spiro atoms. The fourth-order valence-electron chi connectivity index (χ4n) is 3.15. The van der Waals surface area contributed by atoms with E-state index in [1.807, 2.05) is 6.07 Å². The molecule has 1 N–H and O–H groups in total. The second kappa shape index (κ2) is 5.83. The van der Waals surface area contributed by atoms with E-state index in [1.165, 1.54) is 31.2 Å². The van der Waals surface area contributed by atoms with Gasteiger partial charge in [0.05, 0.1) is 0 Å². The molecule has 0 aromatic heterocycles. The van der Waals surface area contributed by atoms with Gasteiger partial charge in [-0.05, 0) is 42.5 Å². The van der Waals surface area contributed by atoms with Crippen LogP contribution in [-0.2, 0) is 6.54 Å². The highest BCUT2D eigenvalue weighted by Crippen LogP contribution is 2.32. The van der Waals surface area contributed by atoms with Gasteiger partial charge in [0.1, 0.15) is 0 Å². The lowest BCUT2D eigenvalue weighted by molar-refractivity contribution is 0.174. The van der Waals surface area contributed by atoms with Gasteiger partial charge in [0.25, 0.3) is 0 Å².